The first-order valence-corrected chi connectivity index (χ1v) is 10.1. The molecule has 1 amide bonds. The molecule has 0 bridgehead atoms. The maximum atomic E-state index is 12.6. The van der Waals surface area contributed by atoms with E-state index >= 15 is 0 Å². The van der Waals surface area contributed by atoms with E-state index in [-0.39, 0.29) is 17.6 Å². The van der Waals surface area contributed by atoms with E-state index in [9.17, 15) is 9.59 Å². The third-order valence-electron chi connectivity index (χ3n) is 5.11. The average Bonchev–Trinajstić information content (AvgIpc) is 2.69. The van der Waals surface area contributed by atoms with E-state index in [0.29, 0.717) is 42.8 Å². The van der Waals surface area contributed by atoms with Crippen LogP contribution in [0.1, 0.15) is 39.0 Å². The SMILES string of the molecule is CCC1CN(C(=O)CCCCCn2c(=S)[nH]c3ccccc3c2=O)CCO1. The molecule has 1 atom stereocenters. The first kappa shape index (κ1) is 19.8. The molecule has 27 heavy (non-hydrogen) atoms. The van der Waals surface area contributed by atoms with Crippen LogP contribution in [0.5, 0.6) is 0 Å². The minimum atomic E-state index is -0.0515. The number of aromatic amines is 1. The van der Waals surface area contributed by atoms with Gasteiger partial charge in [0.2, 0.25) is 5.91 Å². The monoisotopic (exact) mass is 389 g/mol. The highest BCUT2D eigenvalue weighted by molar-refractivity contribution is 7.71. The van der Waals surface area contributed by atoms with Crippen LogP contribution in [0.2, 0.25) is 0 Å². The largest absolute Gasteiger partial charge is 0.375 e. The first-order valence-electron chi connectivity index (χ1n) is 9.71. The quantitative estimate of drug-likeness (QED) is 0.583. The van der Waals surface area contributed by atoms with Crippen molar-refractivity contribution in [3.63, 3.8) is 0 Å². The standard InChI is InChI=1S/C20H27N3O3S/c1-2-15-14-22(12-13-26-15)18(24)10-4-3-7-11-23-19(25)16-8-5-6-9-17(16)21-20(23)27/h5-6,8-9,15H,2-4,7,10-14H2,1H3,(H,21,27). The third kappa shape index (κ3) is 4.84. The van der Waals surface area contributed by atoms with E-state index in [4.69, 9.17) is 17.0 Å². The highest BCUT2D eigenvalue weighted by Crippen LogP contribution is 2.12. The van der Waals surface area contributed by atoms with Crippen LogP contribution in [-0.2, 0) is 16.1 Å². The summed E-state index contributed by atoms with van der Waals surface area (Å²) in [6.07, 6.45) is 4.20. The molecule has 0 saturated carbocycles. The lowest BCUT2D eigenvalue weighted by Gasteiger charge is -2.32. The number of carbonyl (C=O) groups is 1. The van der Waals surface area contributed by atoms with E-state index in [1.165, 1.54) is 0 Å². The predicted molar refractivity (Wildman–Crippen MR) is 108 cm³/mol. The van der Waals surface area contributed by atoms with Crippen molar-refractivity contribution in [3.8, 4) is 0 Å². The van der Waals surface area contributed by atoms with Gasteiger partial charge in [0.1, 0.15) is 0 Å². The van der Waals surface area contributed by atoms with Crippen LogP contribution in [0.25, 0.3) is 10.9 Å². The van der Waals surface area contributed by atoms with Gasteiger partial charge in [-0.1, -0.05) is 25.5 Å². The number of aromatic nitrogens is 2. The molecule has 6 nitrogen and oxygen atoms in total. The van der Waals surface area contributed by atoms with Crippen molar-refractivity contribution in [1.29, 1.82) is 0 Å². The molecule has 0 spiro atoms. The molecule has 7 heteroatoms. The molecule has 0 aliphatic carbocycles. The Morgan fingerprint density at radius 3 is 2.93 bits per heavy atom. The number of H-pyrrole nitrogens is 1. The van der Waals surface area contributed by atoms with Crippen LogP contribution < -0.4 is 5.56 Å². The molecule has 3 rings (SSSR count). The lowest BCUT2D eigenvalue weighted by Crippen LogP contribution is -2.45. The second kappa shape index (κ2) is 9.28. The van der Waals surface area contributed by atoms with E-state index < -0.39 is 0 Å². The van der Waals surface area contributed by atoms with Crippen molar-refractivity contribution in [2.75, 3.05) is 19.7 Å². The Morgan fingerprint density at radius 1 is 1.30 bits per heavy atom. The van der Waals surface area contributed by atoms with Crippen LogP contribution in [0.4, 0.5) is 0 Å². The van der Waals surface area contributed by atoms with Gasteiger partial charge in [-0.15, -0.1) is 0 Å². The number of carbonyl (C=O) groups excluding carboxylic acids is 1. The van der Waals surface area contributed by atoms with Crippen molar-refractivity contribution in [3.05, 3.63) is 39.4 Å². The molecular weight excluding hydrogens is 362 g/mol. The lowest BCUT2D eigenvalue weighted by molar-refractivity contribution is -0.139. The van der Waals surface area contributed by atoms with Crippen LogP contribution in [0.3, 0.4) is 0 Å². The van der Waals surface area contributed by atoms with Crippen molar-refractivity contribution in [2.45, 2.75) is 51.7 Å². The molecule has 146 valence electrons. The minimum absolute atomic E-state index is 0.0515. The number of rotatable bonds is 7. The number of nitrogens with zero attached hydrogens (tertiary/aromatic N) is 2. The highest BCUT2D eigenvalue weighted by Gasteiger charge is 2.22. The molecule has 0 radical (unpaired) electrons. The number of hydrogen-bond acceptors (Lipinski definition) is 4. The van der Waals surface area contributed by atoms with Crippen molar-refractivity contribution < 1.29 is 9.53 Å². The molecule has 2 heterocycles. The van der Waals surface area contributed by atoms with Gasteiger partial charge < -0.3 is 14.6 Å². The number of ether oxygens (including phenoxy) is 1. The number of unbranched alkanes of at least 4 members (excludes halogenated alkanes) is 2. The van der Waals surface area contributed by atoms with Gasteiger partial charge >= 0.3 is 0 Å². The van der Waals surface area contributed by atoms with Crippen molar-refractivity contribution >= 4 is 29.0 Å². The summed E-state index contributed by atoms with van der Waals surface area (Å²) < 4.78 is 7.68. The van der Waals surface area contributed by atoms with Gasteiger partial charge in [0.05, 0.1) is 23.6 Å². The molecule has 1 aliphatic rings. The number of fused-ring (bicyclic) bond motifs is 1. The van der Waals surface area contributed by atoms with Gasteiger partial charge in [-0.25, -0.2) is 0 Å². The zero-order valence-electron chi connectivity index (χ0n) is 15.8. The second-order valence-corrected chi connectivity index (χ2v) is 7.37. The summed E-state index contributed by atoms with van der Waals surface area (Å²) in [7, 11) is 0. The number of amides is 1. The Labute approximate surface area is 164 Å². The van der Waals surface area contributed by atoms with Gasteiger partial charge in [-0.2, -0.15) is 0 Å². The summed E-state index contributed by atoms with van der Waals surface area (Å²) in [5.41, 5.74) is 0.717. The zero-order valence-corrected chi connectivity index (χ0v) is 16.6. The molecule has 1 aromatic carbocycles. The minimum Gasteiger partial charge on any atom is -0.375 e. The number of hydrogen-bond donors (Lipinski definition) is 1. The fourth-order valence-corrected chi connectivity index (χ4v) is 3.76. The molecular formula is C20H27N3O3S. The maximum absolute atomic E-state index is 12.6. The smallest absolute Gasteiger partial charge is 0.262 e. The topological polar surface area (TPSA) is 67.3 Å². The molecule has 1 fully saturated rings. The maximum Gasteiger partial charge on any atom is 0.262 e. The first-order chi connectivity index (χ1) is 13.1. The third-order valence-corrected chi connectivity index (χ3v) is 5.43. The Morgan fingerprint density at radius 2 is 2.11 bits per heavy atom. The van der Waals surface area contributed by atoms with E-state index in [0.717, 1.165) is 31.2 Å². The second-order valence-electron chi connectivity index (χ2n) is 6.98. The van der Waals surface area contributed by atoms with Crippen LogP contribution in [-0.4, -0.2) is 46.2 Å². The Balaban J connectivity index is 1.48. The van der Waals surface area contributed by atoms with E-state index in [2.05, 4.69) is 11.9 Å². The summed E-state index contributed by atoms with van der Waals surface area (Å²) in [5, 5.41) is 0.652. The van der Waals surface area contributed by atoms with Crippen LogP contribution >= 0.6 is 12.2 Å². The molecule has 1 N–H and O–H groups in total. The number of benzene rings is 1. The molecule has 2 aromatic rings. The number of morpholine rings is 1. The predicted octanol–water partition coefficient (Wildman–Crippen LogP) is 3.26. The Bertz CT molecular complexity index is 905. The highest BCUT2D eigenvalue weighted by atomic mass is 32.1. The van der Waals surface area contributed by atoms with Crippen LogP contribution in [0.15, 0.2) is 29.1 Å². The van der Waals surface area contributed by atoms with E-state index in [1.807, 2.05) is 29.2 Å². The zero-order chi connectivity index (χ0) is 19.2. The molecule has 1 saturated heterocycles. The lowest BCUT2D eigenvalue weighted by atomic mass is 10.1. The Hall–Kier alpha value is -1.99. The van der Waals surface area contributed by atoms with E-state index in [1.54, 1.807) is 4.57 Å². The number of nitrogens with one attached hydrogen (secondary N) is 1. The summed E-state index contributed by atoms with van der Waals surface area (Å²) >= 11 is 5.33. The molecule has 1 aromatic heterocycles. The average molecular weight is 390 g/mol. The Kier molecular flexibility index (Phi) is 6.79. The summed E-state index contributed by atoms with van der Waals surface area (Å²) in [4.78, 5) is 30.0. The number of para-hydroxylation sites is 1. The van der Waals surface area contributed by atoms with Gasteiger partial charge in [0.15, 0.2) is 4.77 Å². The fourth-order valence-electron chi connectivity index (χ4n) is 3.48. The molecule has 1 aliphatic heterocycles. The van der Waals surface area contributed by atoms with Crippen molar-refractivity contribution in [1.82, 2.24) is 14.5 Å². The normalized spacial score (nSPS) is 17.4. The summed E-state index contributed by atoms with van der Waals surface area (Å²) in [5.74, 6) is 0.205. The van der Waals surface area contributed by atoms with Crippen molar-refractivity contribution in [2.24, 2.45) is 0 Å². The van der Waals surface area contributed by atoms with Gasteiger partial charge in [-0.05, 0) is 43.6 Å². The van der Waals surface area contributed by atoms with Gasteiger partial charge in [0.25, 0.3) is 5.56 Å². The summed E-state index contributed by atoms with van der Waals surface area (Å²) in [6, 6.07) is 7.40. The fraction of sp³-hybridized carbons (Fsp3) is 0.550. The van der Waals surface area contributed by atoms with Gasteiger partial charge in [-0.3, -0.25) is 14.2 Å². The van der Waals surface area contributed by atoms with Gasteiger partial charge in [0, 0.05) is 26.1 Å². The van der Waals surface area contributed by atoms with Crippen LogP contribution in [0, 0.1) is 4.77 Å². The molecule has 1 unspecified atom stereocenters. The summed E-state index contributed by atoms with van der Waals surface area (Å²) in [6.45, 7) is 4.68.